The highest BCUT2D eigenvalue weighted by molar-refractivity contribution is 6.05. The number of hydrogen-bond acceptors (Lipinski definition) is 4. The van der Waals surface area contributed by atoms with Crippen LogP contribution in [0.3, 0.4) is 0 Å². The van der Waals surface area contributed by atoms with Crippen LogP contribution in [0, 0.1) is 5.41 Å². The van der Waals surface area contributed by atoms with E-state index in [4.69, 9.17) is 19.5 Å². The molecular formula is C17H30N2O2. The Hall–Kier alpha value is -1.06. The van der Waals surface area contributed by atoms with Gasteiger partial charge in [-0.15, -0.1) is 0 Å². The average Bonchev–Trinajstić information content (AvgIpc) is 3.12. The lowest BCUT2D eigenvalue weighted by Gasteiger charge is -2.22. The summed E-state index contributed by atoms with van der Waals surface area (Å²) in [5.41, 5.74) is -0.331. The Balaban J connectivity index is 1.98. The second-order valence-corrected chi connectivity index (χ2v) is 6.71. The van der Waals surface area contributed by atoms with Crippen LogP contribution in [0.1, 0.15) is 66.2 Å². The summed E-state index contributed by atoms with van der Waals surface area (Å²) in [6.07, 6.45) is 7.06. The van der Waals surface area contributed by atoms with Gasteiger partial charge < -0.3 is 9.47 Å². The minimum absolute atomic E-state index is 0.317. The van der Waals surface area contributed by atoms with Gasteiger partial charge in [0.1, 0.15) is 18.6 Å². The van der Waals surface area contributed by atoms with Crippen LogP contribution in [0.15, 0.2) is 9.98 Å². The van der Waals surface area contributed by atoms with Crippen molar-refractivity contribution in [2.45, 2.75) is 78.3 Å². The van der Waals surface area contributed by atoms with E-state index in [9.17, 15) is 0 Å². The third-order valence-electron chi connectivity index (χ3n) is 4.28. The topological polar surface area (TPSA) is 43.2 Å². The molecule has 0 aromatic rings. The Kier molecular flexibility index (Phi) is 5.65. The minimum Gasteiger partial charge on any atom is -0.478 e. The maximum atomic E-state index is 5.85. The summed E-state index contributed by atoms with van der Waals surface area (Å²) in [4.78, 5) is 9.53. The van der Waals surface area contributed by atoms with Crippen LogP contribution >= 0.6 is 0 Å². The van der Waals surface area contributed by atoms with Gasteiger partial charge in [0.15, 0.2) is 11.8 Å². The van der Waals surface area contributed by atoms with Gasteiger partial charge in [0.05, 0.1) is 12.1 Å². The highest BCUT2D eigenvalue weighted by Gasteiger charge is 2.40. The molecule has 0 aromatic carbocycles. The number of rotatable bonds is 8. The Morgan fingerprint density at radius 1 is 0.905 bits per heavy atom. The fraction of sp³-hybridized carbons (Fsp3) is 0.882. The van der Waals surface area contributed by atoms with E-state index < -0.39 is 0 Å². The van der Waals surface area contributed by atoms with Gasteiger partial charge in [-0.05, 0) is 26.7 Å². The lowest BCUT2D eigenvalue weighted by atomic mass is 9.93. The third kappa shape index (κ3) is 3.98. The molecule has 0 saturated carbocycles. The summed E-state index contributed by atoms with van der Waals surface area (Å²) in [5.74, 6) is 1.61. The molecule has 4 heteroatoms. The Morgan fingerprint density at radius 2 is 1.33 bits per heavy atom. The molecule has 0 N–H and O–H groups in total. The van der Waals surface area contributed by atoms with E-state index in [2.05, 4.69) is 27.7 Å². The molecule has 0 fully saturated rings. The first kappa shape index (κ1) is 16.3. The number of ether oxygens (including phenoxy) is 2. The average molecular weight is 294 g/mol. The van der Waals surface area contributed by atoms with Crippen LogP contribution in [0.4, 0.5) is 0 Å². The number of nitrogens with zero attached hydrogens (tertiary/aromatic N) is 2. The summed E-state index contributed by atoms with van der Waals surface area (Å²) in [5, 5.41) is 0. The molecule has 2 rings (SSSR count). The van der Waals surface area contributed by atoms with Crippen molar-refractivity contribution in [3.05, 3.63) is 0 Å². The molecule has 21 heavy (non-hydrogen) atoms. The van der Waals surface area contributed by atoms with Gasteiger partial charge >= 0.3 is 0 Å². The largest absolute Gasteiger partial charge is 0.478 e. The van der Waals surface area contributed by atoms with E-state index in [1.54, 1.807) is 0 Å². The van der Waals surface area contributed by atoms with Gasteiger partial charge in [-0.2, -0.15) is 0 Å². The standard InChI is InChI=1S/C17H30N2O2/c1-5-7-9-13-11-20-15(18-13)17(3,4)16-19-14(12-21-16)10-8-6-2/h13-14H,5-12H2,1-4H3. The fourth-order valence-corrected chi connectivity index (χ4v) is 2.78. The molecule has 0 spiro atoms. The molecule has 2 aliphatic heterocycles. The van der Waals surface area contributed by atoms with E-state index in [1.807, 2.05) is 0 Å². The molecule has 0 aliphatic carbocycles. The maximum Gasteiger partial charge on any atom is 0.199 e. The molecule has 0 saturated heterocycles. The zero-order valence-corrected chi connectivity index (χ0v) is 14.0. The molecule has 2 atom stereocenters. The summed E-state index contributed by atoms with van der Waals surface area (Å²) < 4.78 is 11.7. The number of unbranched alkanes of at least 4 members (excludes halogenated alkanes) is 2. The Bertz CT molecular complexity index is 366. The zero-order valence-electron chi connectivity index (χ0n) is 14.0. The van der Waals surface area contributed by atoms with Crippen LogP contribution in [-0.2, 0) is 9.47 Å². The molecule has 2 heterocycles. The molecule has 0 radical (unpaired) electrons. The SMILES string of the molecule is CCCCC1COC(C(C)(C)C2=NC(CCCC)CO2)=N1. The highest BCUT2D eigenvalue weighted by Crippen LogP contribution is 2.30. The smallest absolute Gasteiger partial charge is 0.199 e. The van der Waals surface area contributed by atoms with Crippen molar-refractivity contribution in [3.63, 3.8) is 0 Å². The Labute approximate surface area is 129 Å². The van der Waals surface area contributed by atoms with E-state index in [0.717, 1.165) is 24.6 Å². The van der Waals surface area contributed by atoms with Crippen LogP contribution in [0.25, 0.3) is 0 Å². The van der Waals surface area contributed by atoms with E-state index in [1.165, 1.54) is 25.7 Å². The lowest BCUT2D eigenvalue weighted by Crippen LogP contribution is -2.34. The van der Waals surface area contributed by atoms with Gasteiger partial charge in [-0.25, -0.2) is 9.98 Å². The second kappa shape index (κ2) is 7.28. The van der Waals surface area contributed by atoms with Crippen molar-refractivity contribution >= 4 is 11.8 Å². The molecule has 2 aliphatic rings. The molecule has 120 valence electrons. The van der Waals surface area contributed by atoms with Crippen molar-refractivity contribution in [1.29, 1.82) is 0 Å². The molecule has 0 aromatic heterocycles. The van der Waals surface area contributed by atoms with Gasteiger partial charge in [0, 0.05) is 0 Å². The van der Waals surface area contributed by atoms with Gasteiger partial charge in [0.25, 0.3) is 0 Å². The molecule has 2 unspecified atom stereocenters. The van der Waals surface area contributed by atoms with Gasteiger partial charge in [-0.1, -0.05) is 39.5 Å². The maximum absolute atomic E-state index is 5.85. The van der Waals surface area contributed by atoms with Crippen molar-refractivity contribution in [3.8, 4) is 0 Å². The van der Waals surface area contributed by atoms with Gasteiger partial charge in [-0.3, -0.25) is 0 Å². The van der Waals surface area contributed by atoms with Gasteiger partial charge in [0.2, 0.25) is 0 Å². The van der Waals surface area contributed by atoms with Crippen molar-refractivity contribution in [2.75, 3.05) is 13.2 Å². The summed E-state index contributed by atoms with van der Waals surface area (Å²) >= 11 is 0. The number of aliphatic imine (C=N–C) groups is 2. The van der Waals surface area contributed by atoms with Crippen molar-refractivity contribution in [1.82, 2.24) is 0 Å². The second-order valence-electron chi connectivity index (χ2n) is 6.71. The van der Waals surface area contributed by atoms with E-state index >= 15 is 0 Å². The van der Waals surface area contributed by atoms with E-state index in [0.29, 0.717) is 25.3 Å². The third-order valence-corrected chi connectivity index (χ3v) is 4.28. The number of hydrogen-bond donors (Lipinski definition) is 0. The summed E-state index contributed by atoms with van der Waals surface area (Å²) in [6, 6.07) is 0.634. The van der Waals surface area contributed by atoms with E-state index in [-0.39, 0.29) is 5.41 Å². The first-order valence-electron chi connectivity index (χ1n) is 8.50. The minimum atomic E-state index is -0.331. The van der Waals surface area contributed by atoms with Crippen LogP contribution in [-0.4, -0.2) is 37.1 Å². The molecule has 4 nitrogen and oxygen atoms in total. The Morgan fingerprint density at radius 3 is 1.71 bits per heavy atom. The molecular weight excluding hydrogens is 264 g/mol. The van der Waals surface area contributed by atoms with Crippen molar-refractivity contribution in [2.24, 2.45) is 15.4 Å². The van der Waals surface area contributed by atoms with Crippen LogP contribution in [0.2, 0.25) is 0 Å². The predicted molar refractivity (Wildman–Crippen MR) is 87.2 cm³/mol. The normalized spacial score (nSPS) is 25.3. The first-order valence-corrected chi connectivity index (χ1v) is 8.50. The molecule has 0 amide bonds. The summed E-state index contributed by atoms with van der Waals surface area (Å²) in [7, 11) is 0. The zero-order chi connectivity index (χ0) is 15.3. The highest BCUT2D eigenvalue weighted by atomic mass is 16.5. The fourth-order valence-electron chi connectivity index (χ4n) is 2.78. The quantitative estimate of drug-likeness (QED) is 0.679. The monoisotopic (exact) mass is 294 g/mol. The lowest BCUT2D eigenvalue weighted by molar-refractivity contribution is 0.260. The first-order chi connectivity index (χ1) is 10.1. The predicted octanol–water partition coefficient (Wildman–Crippen LogP) is 3.99. The molecule has 0 bridgehead atoms. The summed E-state index contributed by atoms with van der Waals surface area (Å²) in [6.45, 7) is 10.1. The van der Waals surface area contributed by atoms with Crippen LogP contribution < -0.4 is 0 Å². The van der Waals surface area contributed by atoms with Crippen LogP contribution in [0.5, 0.6) is 0 Å². The van der Waals surface area contributed by atoms with Crippen molar-refractivity contribution < 1.29 is 9.47 Å².